The monoisotopic (exact) mass is 520 g/mol. The first kappa shape index (κ1) is 25.5. The lowest BCUT2D eigenvalue weighted by atomic mass is 9.85. The SMILES string of the molecule is COC(=O)N1c2ccc3c(nc(Cc4ccc(OC#N)c(F)c4)n3[C@H]3CC[C@H](C(=O)O)CC3)c2CC[C@@H]1C. The zero-order valence-electron chi connectivity index (χ0n) is 21.3. The van der Waals surface area contributed by atoms with E-state index in [1.807, 2.05) is 19.1 Å². The van der Waals surface area contributed by atoms with Crippen molar-refractivity contribution < 1.29 is 28.6 Å². The molecule has 0 saturated heterocycles. The fourth-order valence-corrected chi connectivity index (χ4v) is 5.90. The highest BCUT2D eigenvalue weighted by Gasteiger charge is 2.33. The van der Waals surface area contributed by atoms with Crippen LogP contribution >= 0.6 is 0 Å². The highest BCUT2D eigenvalue weighted by Crippen LogP contribution is 2.40. The number of hydrogen-bond donors (Lipinski definition) is 1. The van der Waals surface area contributed by atoms with E-state index in [2.05, 4.69) is 9.30 Å². The number of fused-ring (bicyclic) bond motifs is 3. The molecule has 2 aliphatic rings. The minimum atomic E-state index is -0.764. The molecule has 1 fully saturated rings. The number of methoxy groups -OCH3 is 1. The number of carboxylic acids is 1. The molecular weight excluding hydrogens is 491 g/mol. The first-order chi connectivity index (χ1) is 18.3. The van der Waals surface area contributed by atoms with Crippen molar-refractivity contribution in [2.24, 2.45) is 5.92 Å². The van der Waals surface area contributed by atoms with Crippen LogP contribution in [0.3, 0.4) is 0 Å². The highest BCUT2D eigenvalue weighted by molar-refractivity contribution is 5.95. The number of rotatable bonds is 5. The molecule has 10 heteroatoms. The summed E-state index contributed by atoms with van der Waals surface area (Å²) >= 11 is 0. The summed E-state index contributed by atoms with van der Waals surface area (Å²) in [5.74, 6) is -1.14. The molecule has 198 valence electrons. The molecule has 1 aliphatic carbocycles. The molecular formula is C28H29FN4O5. The van der Waals surface area contributed by atoms with Gasteiger partial charge in [-0.25, -0.2) is 14.2 Å². The number of aryl methyl sites for hydroxylation is 1. The standard InChI is InChI=1S/C28H29FN4O5/c1-16-3-9-20-22(32(16)28(36)37-2)10-11-23-26(20)31-25(14-17-4-12-24(38-15-30)21(29)13-17)33(23)19-7-5-18(6-8-19)27(34)35/h4,10-13,16,18-19H,3,5-9,14H2,1-2H3,(H,34,35)/t16-,18-,19-/m0/s1. The average Bonchev–Trinajstić information content (AvgIpc) is 3.27. The molecule has 1 atom stereocenters. The van der Waals surface area contributed by atoms with Crippen molar-refractivity contribution in [3.63, 3.8) is 0 Å². The van der Waals surface area contributed by atoms with Crippen LogP contribution in [0.2, 0.25) is 0 Å². The molecule has 1 aliphatic heterocycles. The topological polar surface area (TPSA) is 118 Å². The maximum Gasteiger partial charge on any atom is 0.414 e. The second kappa shape index (κ2) is 10.3. The first-order valence-electron chi connectivity index (χ1n) is 12.8. The Hall–Kier alpha value is -4.13. The fourth-order valence-electron chi connectivity index (χ4n) is 5.90. The molecule has 0 radical (unpaired) electrons. The third kappa shape index (κ3) is 4.53. The number of aliphatic carboxylic acids is 1. The lowest BCUT2D eigenvalue weighted by Gasteiger charge is -2.34. The van der Waals surface area contributed by atoms with Crippen LogP contribution in [0.15, 0.2) is 30.3 Å². The molecule has 0 spiro atoms. The van der Waals surface area contributed by atoms with Crippen LogP contribution in [-0.4, -0.2) is 39.9 Å². The van der Waals surface area contributed by atoms with E-state index in [1.54, 1.807) is 11.0 Å². The second-order valence-electron chi connectivity index (χ2n) is 10.0. The van der Waals surface area contributed by atoms with Crippen molar-refractivity contribution in [1.82, 2.24) is 9.55 Å². The summed E-state index contributed by atoms with van der Waals surface area (Å²) in [5.41, 5.74) is 4.12. The Morgan fingerprint density at radius 1 is 1.18 bits per heavy atom. The minimum Gasteiger partial charge on any atom is -0.481 e. The first-order valence-corrected chi connectivity index (χ1v) is 12.8. The number of ether oxygens (including phenoxy) is 2. The number of nitriles is 1. The number of carboxylic acid groups (broad SMARTS) is 1. The van der Waals surface area contributed by atoms with Crippen LogP contribution in [0.25, 0.3) is 11.0 Å². The molecule has 0 unspecified atom stereocenters. The van der Waals surface area contributed by atoms with Crippen LogP contribution in [0, 0.1) is 23.3 Å². The van der Waals surface area contributed by atoms with E-state index >= 15 is 0 Å². The van der Waals surface area contributed by atoms with Gasteiger partial charge in [0.15, 0.2) is 11.6 Å². The van der Waals surface area contributed by atoms with Crippen molar-refractivity contribution in [1.29, 1.82) is 5.26 Å². The Kier molecular flexibility index (Phi) is 6.93. The van der Waals surface area contributed by atoms with Gasteiger partial charge in [-0.3, -0.25) is 9.69 Å². The van der Waals surface area contributed by atoms with E-state index in [-0.39, 0.29) is 23.8 Å². The molecule has 38 heavy (non-hydrogen) atoms. The van der Waals surface area contributed by atoms with Gasteiger partial charge in [0.05, 0.1) is 29.7 Å². The molecule has 2 heterocycles. The Morgan fingerprint density at radius 3 is 2.61 bits per heavy atom. The molecule has 1 aromatic heterocycles. The lowest BCUT2D eigenvalue weighted by Crippen LogP contribution is -2.42. The van der Waals surface area contributed by atoms with Crippen LogP contribution in [0.1, 0.15) is 62.0 Å². The third-order valence-electron chi connectivity index (χ3n) is 7.82. The van der Waals surface area contributed by atoms with Gasteiger partial charge in [-0.15, -0.1) is 5.26 Å². The normalized spacial score (nSPS) is 21.0. The van der Waals surface area contributed by atoms with Crippen molar-refractivity contribution in [2.45, 2.75) is 64.0 Å². The zero-order chi connectivity index (χ0) is 27.0. The number of carbonyl (C=O) groups is 2. The molecule has 1 N–H and O–H groups in total. The second-order valence-corrected chi connectivity index (χ2v) is 10.0. The maximum atomic E-state index is 14.5. The van der Waals surface area contributed by atoms with Gasteiger partial charge in [0.25, 0.3) is 6.26 Å². The Balaban J connectivity index is 1.60. The number of carbonyl (C=O) groups excluding carboxylic acids is 1. The van der Waals surface area contributed by atoms with Crippen molar-refractivity contribution in [2.75, 3.05) is 12.0 Å². The number of amides is 1. The van der Waals surface area contributed by atoms with Gasteiger partial charge in [-0.1, -0.05) is 6.07 Å². The largest absolute Gasteiger partial charge is 0.481 e. The van der Waals surface area contributed by atoms with E-state index in [1.165, 1.54) is 25.5 Å². The van der Waals surface area contributed by atoms with Crippen LogP contribution in [0.4, 0.5) is 14.9 Å². The smallest absolute Gasteiger partial charge is 0.414 e. The van der Waals surface area contributed by atoms with E-state index in [0.717, 1.165) is 41.0 Å². The van der Waals surface area contributed by atoms with Crippen LogP contribution in [0.5, 0.6) is 5.75 Å². The fraction of sp³-hybridized carbons (Fsp3) is 0.429. The van der Waals surface area contributed by atoms with E-state index in [9.17, 15) is 19.1 Å². The molecule has 9 nitrogen and oxygen atoms in total. The number of hydrogen-bond acceptors (Lipinski definition) is 6. The third-order valence-corrected chi connectivity index (χ3v) is 7.82. The van der Waals surface area contributed by atoms with E-state index in [0.29, 0.717) is 37.7 Å². The molecule has 5 rings (SSSR count). The summed E-state index contributed by atoms with van der Waals surface area (Å²) in [7, 11) is 1.37. The van der Waals surface area contributed by atoms with Gasteiger partial charge in [0.1, 0.15) is 5.82 Å². The predicted octanol–water partition coefficient (Wildman–Crippen LogP) is 5.35. The van der Waals surface area contributed by atoms with Gasteiger partial charge in [0, 0.05) is 24.1 Å². The van der Waals surface area contributed by atoms with Gasteiger partial charge in [-0.05, 0) is 75.3 Å². The van der Waals surface area contributed by atoms with Gasteiger partial charge in [0.2, 0.25) is 0 Å². The number of imidazole rings is 1. The van der Waals surface area contributed by atoms with Gasteiger partial charge < -0.3 is 19.1 Å². The van der Waals surface area contributed by atoms with Crippen molar-refractivity contribution >= 4 is 28.8 Å². The summed E-state index contributed by atoms with van der Waals surface area (Å²) < 4.78 is 26.4. The quantitative estimate of drug-likeness (QED) is 0.451. The number of benzene rings is 2. The number of anilines is 1. The van der Waals surface area contributed by atoms with Gasteiger partial charge >= 0.3 is 12.1 Å². The number of aromatic nitrogens is 2. The summed E-state index contributed by atoms with van der Waals surface area (Å²) in [6.45, 7) is 1.99. The number of halogens is 1. The lowest BCUT2D eigenvalue weighted by molar-refractivity contribution is -0.143. The van der Waals surface area contributed by atoms with E-state index in [4.69, 9.17) is 15.0 Å². The molecule has 1 amide bonds. The number of nitrogens with zero attached hydrogens (tertiary/aromatic N) is 4. The van der Waals surface area contributed by atoms with Gasteiger partial charge in [-0.2, -0.15) is 0 Å². The maximum absolute atomic E-state index is 14.5. The zero-order valence-corrected chi connectivity index (χ0v) is 21.3. The van der Waals surface area contributed by atoms with Crippen LogP contribution < -0.4 is 9.64 Å². The Bertz CT molecular complexity index is 1440. The van der Waals surface area contributed by atoms with Crippen molar-refractivity contribution in [3.8, 4) is 12.0 Å². The molecule has 1 saturated carbocycles. The summed E-state index contributed by atoms with van der Waals surface area (Å²) in [5, 5.41) is 18.2. The Labute approximate surface area is 219 Å². The molecule has 2 aromatic carbocycles. The van der Waals surface area contributed by atoms with Crippen molar-refractivity contribution in [3.05, 3.63) is 53.1 Å². The molecule has 3 aromatic rings. The van der Waals surface area contributed by atoms with E-state index < -0.39 is 17.9 Å². The minimum absolute atomic E-state index is 0.0163. The summed E-state index contributed by atoms with van der Waals surface area (Å²) in [6, 6.07) is 8.40. The summed E-state index contributed by atoms with van der Waals surface area (Å²) in [4.78, 5) is 30.8. The highest BCUT2D eigenvalue weighted by atomic mass is 19.1. The van der Waals surface area contributed by atoms with Crippen LogP contribution in [-0.2, 0) is 22.4 Å². The predicted molar refractivity (Wildman–Crippen MR) is 136 cm³/mol. The Morgan fingerprint density at radius 2 is 1.95 bits per heavy atom. The average molecular weight is 521 g/mol. The summed E-state index contributed by atoms with van der Waals surface area (Å²) in [6.07, 6.45) is 5.46. The molecule has 0 bridgehead atoms.